The van der Waals surface area contributed by atoms with Gasteiger partial charge in [-0.2, -0.15) is 0 Å². The summed E-state index contributed by atoms with van der Waals surface area (Å²) in [7, 11) is 0. The highest BCUT2D eigenvalue weighted by molar-refractivity contribution is 5.37. The summed E-state index contributed by atoms with van der Waals surface area (Å²) in [6.45, 7) is 1.46. The molecule has 0 spiro atoms. The summed E-state index contributed by atoms with van der Waals surface area (Å²) >= 11 is 0. The Balaban J connectivity index is 2.36. The number of nitrogens with one attached hydrogen (secondary N) is 1. The number of phenolic OH excluding ortho intramolecular Hbond substituents is 1. The molecule has 1 heterocycles. The lowest BCUT2D eigenvalue weighted by atomic mass is 10.1. The lowest BCUT2D eigenvalue weighted by molar-refractivity contribution is 0.0237. The van der Waals surface area contributed by atoms with Gasteiger partial charge in [0.25, 0.3) is 0 Å². The van der Waals surface area contributed by atoms with Gasteiger partial charge in [-0.1, -0.05) is 0 Å². The molecule has 0 amide bonds. The topological polar surface area (TPSA) is 41.5 Å². The molecule has 1 saturated heterocycles. The van der Waals surface area contributed by atoms with Gasteiger partial charge >= 0.3 is 0 Å². The summed E-state index contributed by atoms with van der Waals surface area (Å²) in [4.78, 5) is 0. The Morgan fingerprint density at radius 2 is 2.07 bits per heavy atom. The summed E-state index contributed by atoms with van der Waals surface area (Å²) in [5, 5.41) is 12.4. The van der Waals surface area contributed by atoms with Crippen molar-refractivity contribution in [2.75, 3.05) is 19.7 Å². The van der Waals surface area contributed by atoms with E-state index in [1.165, 1.54) is 0 Å². The molecule has 1 aromatic rings. The molecule has 0 saturated carbocycles. The number of hydrogen-bond acceptors (Lipinski definition) is 3. The van der Waals surface area contributed by atoms with Crippen LogP contribution in [0.5, 0.6) is 5.75 Å². The molecule has 1 unspecified atom stereocenters. The van der Waals surface area contributed by atoms with E-state index in [4.69, 9.17) is 4.74 Å². The quantitative estimate of drug-likeness (QED) is 0.742. The first-order chi connectivity index (χ1) is 7.20. The second-order valence-electron chi connectivity index (χ2n) is 3.36. The largest absolute Gasteiger partial charge is 0.504 e. The Labute approximate surface area is 85.7 Å². The third-order valence-electron chi connectivity index (χ3n) is 2.36. The number of ether oxygens (including phenoxy) is 1. The van der Waals surface area contributed by atoms with E-state index in [1.807, 2.05) is 0 Å². The summed E-state index contributed by atoms with van der Waals surface area (Å²) in [6.07, 6.45) is -0.630. The van der Waals surface area contributed by atoms with E-state index in [1.54, 1.807) is 0 Å². The number of hydrogen-bond donors (Lipinski definition) is 2. The second kappa shape index (κ2) is 4.12. The summed E-state index contributed by atoms with van der Waals surface area (Å²) in [6, 6.07) is 1.88. The molecule has 1 aliphatic rings. The monoisotopic (exact) mass is 215 g/mol. The molecular weight excluding hydrogens is 204 g/mol. The Bertz CT molecular complexity index is 365. The van der Waals surface area contributed by atoms with Gasteiger partial charge in [0.05, 0.1) is 12.2 Å². The number of aromatic hydroxyl groups is 1. The van der Waals surface area contributed by atoms with Gasteiger partial charge < -0.3 is 15.2 Å². The number of phenols is 1. The highest BCUT2D eigenvalue weighted by Crippen LogP contribution is 2.32. The summed E-state index contributed by atoms with van der Waals surface area (Å²) < 4.78 is 31.7. The Kier molecular flexibility index (Phi) is 2.83. The molecule has 2 rings (SSSR count). The average Bonchev–Trinajstić information content (AvgIpc) is 2.26. The minimum Gasteiger partial charge on any atom is -0.504 e. The first-order valence-corrected chi connectivity index (χ1v) is 4.69. The number of halogens is 2. The van der Waals surface area contributed by atoms with Gasteiger partial charge in [-0.3, -0.25) is 0 Å². The maximum Gasteiger partial charge on any atom is 0.165 e. The number of morpholine rings is 1. The van der Waals surface area contributed by atoms with Crippen LogP contribution in [0, 0.1) is 11.6 Å². The van der Waals surface area contributed by atoms with E-state index in [0.29, 0.717) is 19.7 Å². The second-order valence-corrected chi connectivity index (χ2v) is 3.36. The van der Waals surface area contributed by atoms with Crippen LogP contribution in [0.25, 0.3) is 0 Å². The highest BCUT2D eigenvalue weighted by atomic mass is 19.1. The van der Waals surface area contributed by atoms with E-state index < -0.39 is 23.5 Å². The molecule has 1 aromatic carbocycles. The van der Waals surface area contributed by atoms with Gasteiger partial charge in [0, 0.05) is 13.1 Å². The van der Waals surface area contributed by atoms with Crippen LogP contribution in [-0.4, -0.2) is 24.8 Å². The van der Waals surface area contributed by atoms with Gasteiger partial charge in [0.1, 0.15) is 11.9 Å². The van der Waals surface area contributed by atoms with Crippen LogP contribution in [0.1, 0.15) is 11.7 Å². The van der Waals surface area contributed by atoms with Crippen molar-refractivity contribution in [2.24, 2.45) is 0 Å². The molecular formula is C10H11F2NO2. The Morgan fingerprint density at radius 1 is 1.33 bits per heavy atom. The fourth-order valence-corrected chi connectivity index (χ4v) is 1.61. The van der Waals surface area contributed by atoms with Crippen LogP contribution in [0.2, 0.25) is 0 Å². The predicted molar refractivity (Wildman–Crippen MR) is 49.6 cm³/mol. The molecule has 0 aliphatic carbocycles. The molecule has 5 heteroatoms. The highest BCUT2D eigenvalue weighted by Gasteiger charge is 2.24. The van der Waals surface area contributed by atoms with Crippen LogP contribution in [0.3, 0.4) is 0 Å². The van der Waals surface area contributed by atoms with Crippen molar-refractivity contribution < 1.29 is 18.6 Å². The third kappa shape index (κ3) is 1.93. The van der Waals surface area contributed by atoms with Crippen molar-refractivity contribution >= 4 is 0 Å². The Hall–Kier alpha value is -1.20. The van der Waals surface area contributed by atoms with Gasteiger partial charge in [0.2, 0.25) is 0 Å². The third-order valence-corrected chi connectivity index (χ3v) is 2.36. The molecule has 2 N–H and O–H groups in total. The van der Waals surface area contributed by atoms with Gasteiger partial charge in [-0.25, -0.2) is 8.78 Å². The SMILES string of the molecule is Oc1c(F)ccc(F)c1C1CNCCO1. The number of rotatable bonds is 1. The molecule has 82 valence electrons. The van der Waals surface area contributed by atoms with Gasteiger partial charge in [-0.05, 0) is 12.1 Å². The molecule has 1 fully saturated rings. The zero-order valence-corrected chi connectivity index (χ0v) is 7.96. The van der Waals surface area contributed by atoms with E-state index in [9.17, 15) is 13.9 Å². The summed E-state index contributed by atoms with van der Waals surface area (Å²) in [5.41, 5.74) is -0.109. The lowest BCUT2D eigenvalue weighted by Crippen LogP contribution is -2.33. The van der Waals surface area contributed by atoms with E-state index in [0.717, 1.165) is 12.1 Å². The molecule has 15 heavy (non-hydrogen) atoms. The zero-order valence-electron chi connectivity index (χ0n) is 7.96. The molecule has 0 bridgehead atoms. The van der Waals surface area contributed by atoms with Crippen LogP contribution in [0.15, 0.2) is 12.1 Å². The van der Waals surface area contributed by atoms with E-state index in [-0.39, 0.29) is 5.56 Å². The van der Waals surface area contributed by atoms with Crippen LogP contribution in [-0.2, 0) is 4.74 Å². The minimum absolute atomic E-state index is 0.109. The molecule has 1 aliphatic heterocycles. The fourth-order valence-electron chi connectivity index (χ4n) is 1.61. The van der Waals surface area contributed by atoms with Crippen molar-refractivity contribution in [1.29, 1.82) is 0 Å². The fraction of sp³-hybridized carbons (Fsp3) is 0.400. The van der Waals surface area contributed by atoms with Crippen LogP contribution < -0.4 is 5.32 Å². The standard InChI is InChI=1S/C10H11F2NO2/c11-6-1-2-7(12)10(14)9(6)8-5-13-3-4-15-8/h1-2,8,13-14H,3-5H2. The maximum absolute atomic E-state index is 13.4. The molecule has 0 aromatic heterocycles. The van der Waals surface area contributed by atoms with E-state index >= 15 is 0 Å². The Morgan fingerprint density at radius 3 is 2.73 bits per heavy atom. The number of benzene rings is 1. The molecule has 0 radical (unpaired) electrons. The van der Waals surface area contributed by atoms with E-state index in [2.05, 4.69) is 5.32 Å². The van der Waals surface area contributed by atoms with Crippen LogP contribution >= 0.6 is 0 Å². The van der Waals surface area contributed by atoms with Crippen molar-refractivity contribution in [3.63, 3.8) is 0 Å². The zero-order chi connectivity index (χ0) is 10.8. The molecule has 3 nitrogen and oxygen atoms in total. The maximum atomic E-state index is 13.4. The summed E-state index contributed by atoms with van der Waals surface area (Å²) in [5.74, 6) is -2.15. The van der Waals surface area contributed by atoms with Gasteiger partial charge in [0.15, 0.2) is 11.6 Å². The van der Waals surface area contributed by atoms with Crippen molar-refractivity contribution in [3.8, 4) is 5.75 Å². The van der Waals surface area contributed by atoms with Crippen molar-refractivity contribution in [3.05, 3.63) is 29.3 Å². The van der Waals surface area contributed by atoms with Crippen molar-refractivity contribution in [2.45, 2.75) is 6.10 Å². The van der Waals surface area contributed by atoms with Crippen molar-refractivity contribution in [1.82, 2.24) is 5.32 Å². The molecule has 1 atom stereocenters. The normalized spacial score (nSPS) is 21.6. The first-order valence-electron chi connectivity index (χ1n) is 4.69. The predicted octanol–water partition coefficient (Wildman–Crippen LogP) is 1.33. The average molecular weight is 215 g/mol. The lowest BCUT2D eigenvalue weighted by Gasteiger charge is -2.24. The van der Waals surface area contributed by atoms with Gasteiger partial charge in [-0.15, -0.1) is 0 Å². The minimum atomic E-state index is -0.833. The first kappa shape index (κ1) is 10.3. The smallest absolute Gasteiger partial charge is 0.165 e. The van der Waals surface area contributed by atoms with Crippen LogP contribution in [0.4, 0.5) is 8.78 Å².